The van der Waals surface area contributed by atoms with Gasteiger partial charge >= 0.3 is 0 Å². The van der Waals surface area contributed by atoms with Crippen molar-refractivity contribution in [3.05, 3.63) is 64.7 Å². The molecule has 3 rings (SSSR count). The molecule has 1 heterocycles. The fraction of sp³-hybridized carbons (Fsp3) is 0.227. The van der Waals surface area contributed by atoms with Crippen molar-refractivity contribution < 1.29 is 14.3 Å². The first-order valence-electron chi connectivity index (χ1n) is 9.40. The third-order valence-electron chi connectivity index (χ3n) is 4.40. The molecule has 30 heavy (non-hydrogen) atoms. The molecular formula is C22H22ClN3O3S. The summed E-state index contributed by atoms with van der Waals surface area (Å²) in [6.07, 6.45) is 2.46. The van der Waals surface area contributed by atoms with Gasteiger partial charge in [-0.2, -0.15) is 0 Å². The van der Waals surface area contributed by atoms with Crippen molar-refractivity contribution in [2.75, 3.05) is 32.1 Å². The average Bonchev–Trinajstić information content (AvgIpc) is 2.70. The van der Waals surface area contributed by atoms with E-state index in [9.17, 15) is 9.59 Å². The maximum absolute atomic E-state index is 13.0. The Morgan fingerprint density at radius 3 is 2.40 bits per heavy atom. The molecule has 156 valence electrons. The summed E-state index contributed by atoms with van der Waals surface area (Å²) in [6.45, 7) is 1.57. The predicted octanol–water partition coefficient (Wildman–Crippen LogP) is 3.50. The minimum atomic E-state index is -0.528. The molecule has 1 fully saturated rings. The van der Waals surface area contributed by atoms with E-state index in [1.54, 1.807) is 36.4 Å². The quantitative estimate of drug-likeness (QED) is 0.307. The van der Waals surface area contributed by atoms with E-state index in [1.165, 1.54) is 11.0 Å². The Morgan fingerprint density at radius 1 is 1.10 bits per heavy atom. The number of thiocarbonyl (C=S) groups is 1. The Kier molecular flexibility index (Phi) is 7.20. The normalized spacial score (nSPS) is 15.7. The molecule has 2 aromatic rings. The number of amides is 2. The number of halogens is 1. The molecule has 1 aliphatic rings. The third kappa shape index (κ3) is 5.44. The van der Waals surface area contributed by atoms with Gasteiger partial charge in [0.25, 0.3) is 11.8 Å². The Hall–Kier alpha value is -2.74. The maximum atomic E-state index is 13.0. The van der Waals surface area contributed by atoms with Crippen LogP contribution in [0, 0.1) is 0 Å². The number of ether oxygens (including phenoxy) is 1. The van der Waals surface area contributed by atoms with Crippen LogP contribution in [0.1, 0.15) is 12.0 Å². The molecule has 0 aliphatic carbocycles. The number of hydrogen-bond acceptors (Lipinski definition) is 5. The molecule has 2 amide bonds. The molecule has 1 aliphatic heterocycles. The topological polar surface area (TPSA) is 61.9 Å². The van der Waals surface area contributed by atoms with Gasteiger partial charge in [0.2, 0.25) is 0 Å². The van der Waals surface area contributed by atoms with Gasteiger partial charge in [0.15, 0.2) is 5.11 Å². The highest BCUT2D eigenvalue weighted by Crippen LogP contribution is 2.24. The fourth-order valence-electron chi connectivity index (χ4n) is 2.88. The zero-order valence-corrected chi connectivity index (χ0v) is 18.3. The average molecular weight is 444 g/mol. The van der Waals surface area contributed by atoms with Gasteiger partial charge in [-0.1, -0.05) is 23.7 Å². The van der Waals surface area contributed by atoms with E-state index in [-0.39, 0.29) is 10.7 Å². The van der Waals surface area contributed by atoms with Crippen molar-refractivity contribution in [1.82, 2.24) is 10.2 Å². The zero-order chi connectivity index (χ0) is 21.7. The summed E-state index contributed by atoms with van der Waals surface area (Å²) in [6, 6.07) is 13.9. The van der Waals surface area contributed by atoms with Gasteiger partial charge in [-0.05, 0) is 80.8 Å². The first-order chi connectivity index (χ1) is 14.3. The lowest BCUT2D eigenvalue weighted by molar-refractivity contribution is -0.122. The second-order valence-electron chi connectivity index (χ2n) is 7.01. The van der Waals surface area contributed by atoms with Crippen LogP contribution in [-0.2, 0) is 9.59 Å². The molecule has 0 bridgehead atoms. The number of rotatable bonds is 7. The van der Waals surface area contributed by atoms with Gasteiger partial charge in [-0.3, -0.25) is 19.8 Å². The lowest BCUT2D eigenvalue weighted by Gasteiger charge is -2.28. The van der Waals surface area contributed by atoms with Crippen LogP contribution in [-0.4, -0.2) is 49.1 Å². The van der Waals surface area contributed by atoms with E-state index in [2.05, 4.69) is 10.2 Å². The number of carbonyl (C=O) groups is 2. The highest BCUT2D eigenvalue weighted by Gasteiger charge is 2.34. The lowest BCUT2D eigenvalue weighted by Crippen LogP contribution is -2.54. The fourth-order valence-corrected chi connectivity index (χ4v) is 3.29. The summed E-state index contributed by atoms with van der Waals surface area (Å²) in [7, 11) is 4.04. The standard InChI is InChI=1S/C22H22ClN3O3S/c1-25(2)12-3-13-29-18-10-4-15(5-11-18)14-19-20(27)24-22(30)26(21(19)28)17-8-6-16(23)7-9-17/h4-11,14H,3,12-13H2,1-2H3,(H,24,27,30)/b19-14-. The van der Waals surface area contributed by atoms with Crippen LogP contribution >= 0.6 is 23.8 Å². The number of carbonyl (C=O) groups excluding carboxylic acids is 2. The molecule has 1 N–H and O–H groups in total. The molecule has 1 saturated heterocycles. The molecule has 0 atom stereocenters. The summed E-state index contributed by atoms with van der Waals surface area (Å²) in [5.74, 6) is -0.284. The predicted molar refractivity (Wildman–Crippen MR) is 123 cm³/mol. The van der Waals surface area contributed by atoms with Crippen LogP contribution in [0.25, 0.3) is 6.08 Å². The first kappa shape index (κ1) is 22.0. The SMILES string of the molecule is CN(C)CCCOc1ccc(/C=C2/C(=O)NC(=S)N(c3ccc(Cl)cc3)C2=O)cc1. The van der Waals surface area contributed by atoms with Crippen molar-refractivity contribution >= 4 is 52.5 Å². The third-order valence-corrected chi connectivity index (χ3v) is 4.93. The van der Waals surface area contributed by atoms with Crippen molar-refractivity contribution in [2.45, 2.75) is 6.42 Å². The molecule has 0 saturated carbocycles. The molecule has 0 unspecified atom stereocenters. The summed E-state index contributed by atoms with van der Waals surface area (Å²) in [4.78, 5) is 28.7. The van der Waals surface area contributed by atoms with Gasteiger partial charge in [0.1, 0.15) is 11.3 Å². The van der Waals surface area contributed by atoms with Crippen molar-refractivity contribution in [3.8, 4) is 5.75 Å². The summed E-state index contributed by atoms with van der Waals surface area (Å²) in [5.41, 5.74) is 1.23. The summed E-state index contributed by atoms with van der Waals surface area (Å²) >= 11 is 11.1. The van der Waals surface area contributed by atoms with E-state index >= 15 is 0 Å². The summed E-state index contributed by atoms with van der Waals surface area (Å²) < 4.78 is 5.71. The van der Waals surface area contributed by atoms with Gasteiger partial charge in [0.05, 0.1) is 12.3 Å². The van der Waals surface area contributed by atoms with Crippen LogP contribution in [0.3, 0.4) is 0 Å². The zero-order valence-electron chi connectivity index (χ0n) is 16.7. The number of nitrogens with zero attached hydrogens (tertiary/aromatic N) is 2. The number of benzene rings is 2. The van der Waals surface area contributed by atoms with Crippen LogP contribution < -0.4 is 15.0 Å². The number of nitrogens with one attached hydrogen (secondary N) is 1. The highest BCUT2D eigenvalue weighted by atomic mass is 35.5. The number of anilines is 1. The minimum Gasteiger partial charge on any atom is -0.494 e. The molecular weight excluding hydrogens is 422 g/mol. The Labute approximate surface area is 186 Å². The molecule has 0 spiro atoms. The molecule has 0 aromatic heterocycles. The van der Waals surface area contributed by atoms with Crippen LogP contribution in [0.15, 0.2) is 54.1 Å². The van der Waals surface area contributed by atoms with Crippen LogP contribution in [0.5, 0.6) is 5.75 Å². The largest absolute Gasteiger partial charge is 0.494 e. The van der Waals surface area contributed by atoms with Crippen molar-refractivity contribution in [1.29, 1.82) is 0 Å². The Bertz CT molecular complexity index is 972. The van der Waals surface area contributed by atoms with E-state index in [0.717, 1.165) is 18.7 Å². The first-order valence-corrected chi connectivity index (χ1v) is 10.2. The molecule has 2 aromatic carbocycles. The van der Waals surface area contributed by atoms with E-state index in [4.69, 9.17) is 28.6 Å². The van der Waals surface area contributed by atoms with Gasteiger partial charge in [0, 0.05) is 11.6 Å². The Balaban J connectivity index is 1.74. The lowest BCUT2D eigenvalue weighted by atomic mass is 10.1. The van der Waals surface area contributed by atoms with E-state index in [1.807, 2.05) is 26.2 Å². The highest BCUT2D eigenvalue weighted by molar-refractivity contribution is 7.80. The molecule has 8 heteroatoms. The van der Waals surface area contributed by atoms with Gasteiger partial charge in [-0.25, -0.2) is 0 Å². The second kappa shape index (κ2) is 9.84. The monoisotopic (exact) mass is 443 g/mol. The number of hydrogen-bond donors (Lipinski definition) is 1. The van der Waals surface area contributed by atoms with Gasteiger partial charge < -0.3 is 9.64 Å². The Morgan fingerprint density at radius 2 is 1.77 bits per heavy atom. The molecule has 6 nitrogen and oxygen atoms in total. The molecule has 0 radical (unpaired) electrons. The van der Waals surface area contributed by atoms with Gasteiger partial charge in [-0.15, -0.1) is 0 Å². The maximum Gasteiger partial charge on any atom is 0.270 e. The summed E-state index contributed by atoms with van der Waals surface area (Å²) in [5, 5.41) is 3.14. The van der Waals surface area contributed by atoms with E-state index < -0.39 is 11.8 Å². The smallest absolute Gasteiger partial charge is 0.270 e. The van der Waals surface area contributed by atoms with E-state index in [0.29, 0.717) is 22.9 Å². The van der Waals surface area contributed by atoms with Crippen molar-refractivity contribution in [2.24, 2.45) is 0 Å². The van der Waals surface area contributed by atoms with Crippen LogP contribution in [0.2, 0.25) is 5.02 Å². The minimum absolute atomic E-state index is 0.00167. The van der Waals surface area contributed by atoms with Crippen LogP contribution in [0.4, 0.5) is 5.69 Å². The van der Waals surface area contributed by atoms with Crippen molar-refractivity contribution in [3.63, 3.8) is 0 Å². The second-order valence-corrected chi connectivity index (χ2v) is 7.83.